The molecule has 0 spiro atoms. The van der Waals surface area contributed by atoms with E-state index in [-0.39, 0.29) is 6.42 Å². The van der Waals surface area contributed by atoms with E-state index in [0.717, 1.165) is 32.7 Å². The molecule has 1 aromatic heterocycles. The lowest BCUT2D eigenvalue weighted by molar-refractivity contribution is -0.137. The van der Waals surface area contributed by atoms with Crippen molar-refractivity contribution < 1.29 is 9.90 Å². The van der Waals surface area contributed by atoms with E-state index in [1.165, 1.54) is 15.3 Å². The molecule has 2 heterocycles. The van der Waals surface area contributed by atoms with Gasteiger partial charge in [-0.2, -0.15) is 0 Å². The highest BCUT2D eigenvalue weighted by atomic mass is 32.1. The van der Waals surface area contributed by atoms with Crippen LogP contribution in [0.1, 0.15) is 21.7 Å². The molecule has 1 N–H and O–H groups in total. The molecule has 0 radical (unpaired) electrons. The Balaban J connectivity index is 1.77. The van der Waals surface area contributed by atoms with Gasteiger partial charge in [-0.25, -0.2) is 0 Å². The Bertz CT molecular complexity index is 437. The number of thiophene rings is 1. The number of piperazine rings is 1. The Kier molecular flexibility index (Phi) is 4.96. The number of carboxylic acid groups (broad SMARTS) is 1. The zero-order chi connectivity index (χ0) is 13.8. The predicted molar refractivity (Wildman–Crippen MR) is 77.8 cm³/mol. The van der Waals surface area contributed by atoms with Gasteiger partial charge in [-0.1, -0.05) is 0 Å². The van der Waals surface area contributed by atoms with E-state index in [4.69, 9.17) is 5.11 Å². The van der Waals surface area contributed by atoms with Crippen LogP contribution in [0, 0.1) is 13.8 Å². The number of rotatable bonds is 5. The van der Waals surface area contributed by atoms with Gasteiger partial charge in [-0.3, -0.25) is 9.69 Å². The zero-order valence-corrected chi connectivity index (χ0v) is 12.5. The summed E-state index contributed by atoms with van der Waals surface area (Å²) in [5.74, 6) is -0.702. The lowest BCUT2D eigenvalue weighted by atomic mass is 10.2. The monoisotopic (exact) mass is 282 g/mol. The van der Waals surface area contributed by atoms with Gasteiger partial charge in [0.05, 0.1) is 6.42 Å². The van der Waals surface area contributed by atoms with Crippen molar-refractivity contribution >= 4 is 17.3 Å². The van der Waals surface area contributed by atoms with E-state index in [9.17, 15) is 4.79 Å². The fourth-order valence-electron chi connectivity index (χ4n) is 2.51. The van der Waals surface area contributed by atoms with Crippen molar-refractivity contribution in [3.8, 4) is 0 Å². The number of nitrogens with zero attached hydrogens (tertiary/aromatic N) is 2. The molecule has 5 heteroatoms. The van der Waals surface area contributed by atoms with Crippen molar-refractivity contribution in [3.05, 3.63) is 21.4 Å². The molecule has 1 aliphatic rings. The SMILES string of the molecule is Cc1cc(CN2CCN(CCC(=O)O)CC2)c(C)s1. The van der Waals surface area contributed by atoms with Gasteiger partial charge in [0.2, 0.25) is 0 Å². The third kappa shape index (κ3) is 4.30. The van der Waals surface area contributed by atoms with Crippen molar-refractivity contribution in [2.75, 3.05) is 32.7 Å². The lowest BCUT2D eigenvalue weighted by Crippen LogP contribution is -2.46. The fraction of sp³-hybridized carbons (Fsp3) is 0.643. The van der Waals surface area contributed by atoms with Crippen LogP contribution in [0.25, 0.3) is 0 Å². The number of hydrogen-bond acceptors (Lipinski definition) is 4. The van der Waals surface area contributed by atoms with Crippen molar-refractivity contribution in [2.24, 2.45) is 0 Å². The average molecular weight is 282 g/mol. The maximum absolute atomic E-state index is 10.6. The molecule has 19 heavy (non-hydrogen) atoms. The first kappa shape index (κ1) is 14.5. The second-order valence-corrected chi connectivity index (χ2v) is 6.66. The molecule has 0 unspecified atom stereocenters. The molecule has 1 aliphatic heterocycles. The van der Waals surface area contributed by atoms with Crippen molar-refractivity contribution in [1.82, 2.24) is 9.80 Å². The van der Waals surface area contributed by atoms with Gasteiger partial charge in [0, 0.05) is 49.0 Å². The summed E-state index contributed by atoms with van der Waals surface area (Å²) in [4.78, 5) is 18.1. The van der Waals surface area contributed by atoms with Gasteiger partial charge >= 0.3 is 5.97 Å². The highest BCUT2D eigenvalue weighted by Crippen LogP contribution is 2.22. The first-order valence-corrected chi connectivity index (χ1v) is 7.58. The topological polar surface area (TPSA) is 43.8 Å². The van der Waals surface area contributed by atoms with E-state index < -0.39 is 5.97 Å². The molecule has 2 rings (SSSR count). The Morgan fingerprint density at radius 3 is 2.42 bits per heavy atom. The molecular formula is C14H22N2O2S. The quantitative estimate of drug-likeness (QED) is 0.896. The molecular weight excluding hydrogens is 260 g/mol. The minimum absolute atomic E-state index is 0.253. The molecule has 4 nitrogen and oxygen atoms in total. The smallest absolute Gasteiger partial charge is 0.304 e. The first-order chi connectivity index (χ1) is 9.04. The van der Waals surface area contributed by atoms with Crippen LogP contribution in [0.3, 0.4) is 0 Å². The lowest BCUT2D eigenvalue weighted by Gasteiger charge is -2.34. The number of aryl methyl sites for hydroxylation is 2. The van der Waals surface area contributed by atoms with Crippen molar-refractivity contribution in [1.29, 1.82) is 0 Å². The van der Waals surface area contributed by atoms with Crippen LogP contribution in [0.5, 0.6) is 0 Å². The Hall–Kier alpha value is -0.910. The maximum Gasteiger partial charge on any atom is 0.304 e. The Labute approximate surface area is 118 Å². The van der Waals surface area contributed by atoms with Crippen LogP contribution in [0.2, 0.25) is 0 Å². The summed E-state index contributed by atoms with van der Waals surface area (Å²) in [6.07, 6.45) is 0.253. The third-order valence-electron chi connectivity index (χ3n) is 3.64. The molecule has 106 valence electrons. The molecule has 0 aliphatic carbocycles. The Morgan fingerprint density at radius 1 is 1.26 bits per heavy atom. The zero-order valence-electron chi connectivity index (χ0n) is 11.7. The standard InChI is InChI=1S/C14H22N2O2S/c1-11-9-13(12(2)19-11)10-16-7-5-15(6-8-16)4-3-14(17)18/h9H,3-8,10H2,1-2H3,(H,17,18). The minimum Gasteiger partial charge on any atom is -0.481 e. The molecule has 0 atom stereocenters. The number of carbonyl (C=O) groups is 1. The van der Waals surface area contributed by atoms with Crippen LogP contribution in [0.15, 0.2) is 6.07 Å². The van der Waals surface area contributed by atoms with Gasteiger partial charge in [-0.15, -0.1) is 11.3 Å². The summed E-state index contributed by atoms with van der Waals surface area (Å²) in [7, 11) is 0. The second kappa shape index (κ2) is 6.50. The highest BCUT2D eigenvalue weighted by molar-refractivity contribution is 7.12. The van der Waals surface area contributed by atoms with Gasteiger partial charge in [0.25, 0.3) is 0 Å². The summed E-state index contributed by atoms with van der Waals surface area (Å²) < 4.78 is 0. The van der Waals surface area contributed by atoms with E-state index >= 15 is 0 Å². The van der Waals surface area contributed by atoms with Gasteiger partial charge in [-0.05, 0) is 25.5 Å². The molecule has 1 saturated heterocycles. The molecule has 1 fully saturated rings. The van der Waals surface area contributed by atoms with Gasteiger partial charge < -0.3 is 10.0 Å². The minimum atomic E-state index is -0.702. The largest absolute Gasteiger partial charge is 0.481 e. The van der Waals surface area contributed by atoms with E-state index in [2.05, 4.69) is 29.7 Å². The van der Waals surface area contributed by atoms with Gasteiger partial charge in [0.15, 0.2) is 0 Å². The summed E-state index contributed by atoms with van der Waals surface area (Å²) >= 11 is 1.87. The van der Waals surface area contributed by atoms with Crippen LogP contribution < -0.4 is 0 Å². The maximum atomic E-state index is 10.6. The number of carboxylic acids is 1. The van der Waals surface area contributed by atoms with Crippen LogP contribution in [-0.4, -0.2) is 53.6 Å². The normalized spacial score (nSPS) is 17.8. The fourth-order valence-corrected chi connectivity index (χ4v) is 3.44. The summed E-state index contributed by atoms with van der Waals surface area (Å²) in [5, 5.41) is 8.69. The summed E-state index contributed by atoms with van der Waals surface area (Å²) in [5.41, 5.74) is 1.45. The second-order valence-electron chi connectivity index (χ2n) is 5.20. The summed E-state index contributed by atoms with van der Waals surface area (Å²) in [6.45, 7) is 10.1. The molecule has 0 saturated carbocycles. The molecule has 0 amide bonds. The van der Waals surface area contributed by atoms with Crippen LogP contribution >= 0.6 is 11.3 Å². The van der Waals surface area contributed by atoms with Crippen LogP contribution in [0.4, 0.5) is 0 Å². The predicted octanol–water partition coefficient (Wildman–Crippen LogP) is 1.96. The number of aliphatic carboxylic acids is 1. The van der Waals surface area contributed by atoms with Crippen molar-refractivity contribution in [3.63, 3.8) is 0 Å². The molecule has 0 bridgehead atoms. The number of hydrogen-bond donors (Lipinski definition) is 1. The molecule has 1 aromatic rings. The van der Waals surface area contributed by atoms with Gasteiger partial charge in [0.1, 0.15) is 0 Å². The summed E-state index contributed by atoms with van der Waals surface area (Å²) in [6, 6.07) is 2.29. The Morgan fingerprint density at radius 2 is 1.89 bits per heavy atom. The third-order valence-corrected chi connectivity index (χ3v) is 4.65. The van der Waals surface area contributed by atoms with E-state index in [1.807, 2.05) is 11.3 Å². The van der Waals surface area contributed by atoms with Crippen LogP contribution in [-0.2, 0) is 11.3 Å². The average Bonchev–Trinajstić information content (AvgIpc) is 2.67. The van der Waals surface area contributed by atoms with Crippen molar-refractivity contribution in [2.45, 2.75) is 26.8 Å². The first-order valence-electron chi connectivity index (χ1n) is 6.77. The molecule has 0 aromatic carbocycles. The van der Waals surface area contributed by atoms with E-state index in [1.54, 1.807) is 0 Å². The van der Waals surface area contributed by atoms with E-state index in [0.29, 0.717) is 6.54 Å². The highest BCUT2D eigenvalue weighted by Gasteiger charge is 2.18.